The van der Waals surface area contributed by atoms with Gasteiger partial charge in [0.05, 0.1) is 22.0 Å². The van der Waals surface area contributed by atoms with E-state index >= 15 is 0 Å². The van der Waals surface area contributed by atoms with E-state index in [0.717, 1.165) is 10.1 Å². The topological polar surface area (TPSA) is 120 Å². The highest BCUT2D eigenvalue weighted by Crippen LogP contribution is 2.30. The Morgan fingerprint density at radius 2 is 1.88 bits per heavy atom. The van der Waals surface area contributed by atoms with Gasteiger partial charge in [0, 0.05) is 17.7 Å². The zero-order valence-electron chi connectivity index (χ0n) is 18.9. The first-order valence-corrected chi connectivity index (χ1v) is 12.2. The smallest absolute Gasteiger partial charge is 0.287 e. The predicted octanol–water partition coefficient (Wildman–Crippen LogP) is 3.53. The van der Waals surface area contributed by atoms with Gasteiger partial charge in [0.1, 0.15) is 18.1 Å². The van der Waals surface area contributed by atoms with Crippen LogP contribution in [0.5, 0.6) is 5.75 Å². The zero-order valence-corrected chi connectivity index (χ0v) is 19.7. The van der Waals surface area contributed by atoms with Crippen molar-refractivity contribution in [2.75, 3.05) is 11.1 Å². The number of aryl methyl sites for hydroxylation is 2. The summed E-state index contributed by atoms with van der Waals surface area (Å²) in [6.45, 7) is 4.98. The van der Waals surface area contributed by atoms with Crippen molar-refractivity contribution in [2.24, 2.45) is 0 Å². The van der Waals surface area contributed by atoms with Crippen molar-refractivity contribution in [1.29, 1.82) is 0 Å². The van der Waals surface area contributed by atoms with E-state index in [0.29, 0.717) is 22.7 Å². The Morgan fingerprint density at radius 1 is 1.12 bits per heavy atom. The number of aromatic nitrogens is 2. The van der Waals surface area contributed by atoms with Crippen molar-refractivity contribution in [3.8, 4) is 5.75 Å². The number of carbonyl (C=O) groups is 1. The standard InChI is InChI=1S/C24H23N3O6S/c1-4-34(30,31)18-9-10-21(20(13-18)26-24(29)19-8-6-5-7-15(19)2)32-14-17-12-23(28)27-22(25-17)11-16(3)33-27/h5-13H,4,14H2,1-3H3,(H,26,29). The molecule has 10 heteroatoms. The van der Waals surface area contributed by atoms with E-state index in [4.69, 9.17) is 9.26 Å². The maximum Gasteiger partial charge on any atom is 0.287 e. The predicted molar refractivity (Wildman–Crippen MR) is 126 cm³/mol. The number of nitrogens with zero attached hydrogens (tertiary/aromatic N) is 2. The molecule has 0 unspecified atom stereocenters. The molecule has 176 valence electrons. The Kier molecular flexibility index (Phi) is 6.25. The third-order valence-electron chi connectivity index (χ3n) is 5.23. The average Bonchev–Trinajstić information content (AvgIpc) is 3.19. The van der Waals surface area contributed by atoms with Crippen LogP contribution >= 0.6 is 0 Å². The number of sulfone groups is 1. The monoisotopic (exact) mass is 481 g/mol. The molecule has 34 heavy (non-hydrogen) atoms. The van der Waals surface area contributed by atoms with Gasteiger partial charge >= 0.3 is 0 Å². The number of nitrogens with one attached hydrogen (secondary N) is 1. The third kappa shape index (κ3) is 4.72. The van der Waals surface area contributed by atoms with E-state index in [9.17, 15) is 18.0 Å². The first kappa shape index (κ1) is 23.2. The molecule has 2 aromatic carbocycles. The summed E-state index contributed by atoms with van der Waals surface area (Å²) in [5.74, 6) is 0.288. The molecule has 0 bridgehead atoms. The summed E-state index contributed by atoms with van der Waals surface area (Å²) < 4.78 is 37.0. The Labute approximate surface area is 195 Å². The quantitative estimate of drug-likeness (QED) is 0.429. The Hall–Kier alpha value is -3.92. The fourth-order valence-electron chi connectivity index (χ4n) is 3.41. The first-order valence-electron chi connectivity index (χ1n) is 10.5. The molecule has 0 fully saturated rings. The number of amides is 1. The average molecular weight is 482 g/mol. The SMILES string of the molecule is CCS(=O)(=O)c1ccc(OCc2cc(=O)n3oc(C)cc3n2)c(NC(=O)c2ccccc2C)c1. The van der Waals surface area contributed by atoms with E-state index in [2.05, 4.69) is 10.3 Å². The highest BCUT2D eigenvalue weighted by atomic mass is 32.2. The molecule has 0 radical (unpaired) electrons. The zero-order chi connectivity index (χ0) is 24.5. The van der Waals surface area contributed by atoms with Crippen LogP contribution < -0.4 is 15.6 Å². The van der Waals surface area contributed by atoms with E-state index in [1.165, 1.54) is 24.3 Å². The van der Waals surface area contributed by atoms with Gasteiger partial charge in [0.25, 0.3) is 11.5 Å². The minimum absolute atomic E-state index is 0.0640. The summed E-state index contributed by atoms with van der Waals surface area (Å²) in [7, 11) is -3.51. The molecule has 0 saturated heterocycles. The lowest BCUT2D eigenvalue weighted by Gasteiger charge is -2.15. The number of benzene rings is 2. The number of rotatable bonds is 7. The molecule has 0 aliphatic heterocycles. The Balaban J connectivity index is 1.66. The van der Waals surface area contributed by atoms with Crippen LogP contribution in [0.4, 0.5) is 5.69 Å². The molecule has 0 aliphatic rings. The molecule has 1 N–H and O–H groups in total. The Bertz CT molecular complexity index is 1550. The molecule has 2 aromatic heterocycles. The van der Waals surface area contributed by atoms with E-state index in [1.54, 1.807) is 32.0 Å². The van der Waals surface area contributed by atoms with Gasteiger partial charge in [-0.15, -0.1) is 4.57 Å². The number of hydrogen-bond donors (Lipinski definition) is 1. The normalized spacial score (nSPS) is 11.5. The molecule has 2 heterocycles. The second kappa shape index (κ2) is 9.14. The highest BCUT2D eigenvalue weighted by molar-refractivity contribution is 7.91. The number of anilines is 1. The van der Waals surface area contributed by atoms with Crippen molar-refractivity contribution in [3.05, 3.63) is 87.5 Å². The maximum absolute atomic E-state index is 12.9. The van der Waals surface area contributed by atoms with Gasteiger partial charge in [-0.25, -0.2) is 13.4 Å². The fraction of sp³-hybridized carbons (Fsp3) is 0.208. The first-order chi connectivity index (χ1) is 16.2. The lowest BCUT2D eigenvalue weighted by Crippen LogP contribution is -2.16. The lowest BCUT2D eigenvalue weighted by molar-refractivity contribution is 0.102. The summed E-state index contributed by atoms with van der Waals surface area (Å²) >= 11 is 0. The third-order valence-corrected chi connectivity index (χ3v) is 6.96. The van der Waals surface area contributed by atoms with Gasteiger partial charge < -0.3 is 14.6 Å². The molecule has 9 nitrogen and oxygen atoms in total. The second-order valence-electron chi connectivity index (χ2n) is 7.70. The van der Waals surface area contributed by atoms with Gasteiger partial charge in [-0.2, -0.15) is 0 Å². The van der Waals surface area contributed by atoms with Gasteiger partial charge in [-0.3, -0.25) is 9.59 Å². The van der Waals surface area contributed by atoms with Crippen molar-refractivity contribution < 1.29 is 22.5 Å². The minimum Gasteiger partial charge on any atom is -0.485 e. The van der Waals surface area contributed by atoms with Crippen LogP contribution in [0.25, 0.3) is 5.65 Å². The van der Waals surface area contributed by atoms with Crippen LogP contribution in [0.2, 0.25) is 0 Å². The second-order valence-corrected chi connectivity index (χ2v) is 9.98. The molecule has 4 rings (SSSR count). The molecule has 4 aromatic rings. The van der Waals surface area contributed by atoms with Crippen LogP contribution in [-0.4, -0.2) is 29.6 Å². The maximum atomic E-state index is 12.9. The molecular weight excluding hydrogens is 458 g/mol. The summed E-state index contributed by atoms with van der Waals surface area (Å²) in [6, 6.07) is 14.2. The molecule has 0 atom stereocenters. The highest BCUT2D eigenvalue weighted by Gasteiger charge is 2.18. The van der Waals surface area contributed by atoms with Gasteiger partial charge in [-0.05, 0) is 43.7 Å². The summed E-state index contributed by atoms with van der Waals surface area (Å²) in [5.41, 5.74) is 1.73. The number of fused-ring (bicyclic) bond motifs is 1. The van der Waals surface area contributed by atoms with E-state index in [-0.39, 0.29) is 28.7 Å². The molecule has 0 saturated carbocycles. The van der Waals surface area contributed by atoms with Crippen LogP contribution in [0, 0.1) is 13.8 Å². The minimum atomic E-state index is -3.51. The summed E-state index contributed by atoms with van der Waals surface area (Å²) in [5, 5.41) is 2.76. The van der Waals surface area contributed by atoms with Crippen molar-refractivity contribution in [2.45, 2.75) is 32.3 Å². The largest absolute Gasteiger partial charge is 0.485 e. The van der Waals surface area contributed by atoms with Crippen LogP contribution in [0.3, 0.4) is 0 Å². The van der Waals surface area contributed by atoms with Crippen LogP contribution in [0.1, 0.15) is 34.3 Å². The van der Waals surface area contributed by atoms with Gasteiger partial charge in [0.2, 0.25) is 0 Å². The van der Waals surface area contributed by atoms with Gasteiger partial charge in [0.15, 0.2) is 15.5 Å². The van der Waals surface area contributed by atoms with Crippen molar-refractivity contribution >= 4 is 27.1 Å². The summed E-state index contributed by atoms with van der Waals surface area (Å²) in [4.78, 5) is 29.6. The van der Waals surface area contributed by atoms with Crippen molar-refractivity contribution in [3.63, 3.8) is 0 Å². The number of ether oxygens (including phenoxy) is 1. The van der Waals surface area contributed by atoms with Crippen LogP contribution in [0.15, 0.2) is 68.8 Å². The molecule has 0 aliphatic carbocycles. The molecular formula is C24H23N3O6S. The Morgan fingerprint density at radius 3 is 2.62 bits per heavy atom. The van der Waals surface area contributed by atoms with E-state index in [1.807, 2.05) is 19.1 Å². The van der Waals surface area contributed by atoms with Gasteiger partial charge in [-0.1, -0.05) is 25.1 Å². The molecule has 0 spiro atoms. The molecule has 1 amide bonds. The number of hydrogen-bond acceptors (Lipinski definition) is 7. The van der Waals surface area contributed by atoms with E-state index < -0.39 is 21.3 Å². The lowest BCUT2D eigenvalue weighted by atomic mass is 10.1. The fourth-order valence-corrected chi connectivity index (χ4v) is 4.32. The number of carbonyl (C=O) groups excluding carboxylic acids is 1. The van der Waals surface area contributed by atoms with Crippen LogP contribution in [-0.2, 0) is 16.4 Å². The van der Waals surface area contributed by atoms with Crippen molar-refractivity contribution in [1.82, 2.24) is 9.56 Å². The summed E-state index contributed by atoms with van der Waals surface area (Å²) in [6.07, 6.45) is 0.